The van der Waals surface area contributed by atoms with Gasteiger partial charge in [-0.3, -0.25) is 4.90 Å². The Bertz CT molecular complexity index is 799. The van der Waals surface area contributed by atoms with Crippen LogP contribution in [0.3, 0.4) is 0 Å². The molecule has 1 aliphatic rings. The molecule has 6 heteroatoms. The van der Waals surface area contributed by atoms with Crippen LogP contribution in [0.4, 0.5) is 14.9 Å². The highest BCUT2D eigenvalue weighted by Crippen LogP contribution is 2.34. The van der Waals surface area contributed by atoms with Crippen molar-refractivity contribution in [2.45, 2.75) is 13.3 Å². The third kappa shape index (κ3) is 4.00. The lowest BCUT2D eigenvalue weighted by Crippen LogP contribution is -2.35. The third-order valence-electron chi connectivity index (χ3n) is 4.91. The van der Waals surface area contributed by atoms with E-state index in [1.807, 2.05) is 18.2 Å². The van der Waals surface area contributed by atoms with Gasteiger partial charge in [0.15, 0.2) is 0 Å². The lowest BCUT2D eigenvalue weighted by Gasteiger charge is -2.25. The number of nitrogens with zero attached hydrogens (tertiary/aromatic N) is 2. The maximum Gasteiger partial charge on any atom is 0.411 e. The van der Waals surface area contributed by atoms with Crippen LogP contribution in [-0.4, -0.2) is 42.3 Å². The molecule has 3 rings (SSSR count). The fourth-order valence-corrected chi connectivity index (χ4v) is 3.68. The van der Waals surface area contributed by atoms with Crippen molar-refractivity contribution in [3.63, 3.8) is 0 Å². The maximum absolute atomic E-state index is 13.5. The highest BCUT2D eigenvalue weighted by Gasteiger charge is 2.27. The molecule has 0 aliphatic carbocycles. The summed E-state index contributed by atoms with van der Waals surface area (Å²) in [5.74, 6) is -0.190. The number of benzene rings is 2. The van der Waals surface area contributed by atoms with Gasteiger partial charge < -0.3 is 10.0 Å². The molecular weight excluding hydrogens is 355 g/mol. The molecule has 0 aromatic heterocycles. The van der Waals surface area contributed by atoms with Crippen molar-refractivity contribution in [2.75, 3.05) is 31.1 Å². The van der Waals surface area contributed by atoms with Crippen LogP contribution < -0.4 is 4.90 Å². The van der Waals surface area contributed by atoms with Crippen LogP contribution in [0.25, 0.3) is 11.1 Å². The maximum atomic E-state index is 13.5. The van der Waals surface area contributed by atoms with Crippen LogP contribution >= 0.6 is 11.6 Å². The minimum absolute atomic E-state index is 0.0218. The van der Waals surface area contributed by atoms with Gasteiger partial charge >= 0.3 is 6.09 Å². The van der Waals surface area contributed by atoms with Crippen LogP contribution in [0.1, 0.15) is 13.3 Å². The van der Waals surface area contributed by atoms with Gasteiger partial charge in [0.2, 0.25) is 0 Å². The van der Waals surface area contributed by atoms with Crippen molar-refractivity contribution in [3.8, 4) is 11.1 Å². The summed E-state index contributed by atoms with van der Waals surface area (Å²) in [6.07, 6.45) is 0.00271. The molecule has 0 saturated carbocycles. The molecule has 1 saturated heterocycles. The minimum atomic E-state index is -0.986. The molecule has 2 aromatic rings. The van der Waals surface area contributed by atoms with Gasteiger partial charge in [0, 0.05) is 18.7 Å². The first-order chi connectivity index (χ1) is 12.5. The monoisotopic (exact) mass is 376 g/mol. The van der Waals surface area contributed by atoms with Crippen LogP contribution in [0, 0.1) is 11.7 Å². The number of para-hydroxylation sites is 1. The van der Waals surface area contributed by atoms with Crippen molar-refractivity contribution in [1.82, 2.24) is 4.90 Å². The Labute approximate surface area is 157 Å². The third-order valence-corrected chi connectivity index (χ3v) is 5.20. The fraction of sp³-hybridized carbons (Fsp3) is 0.350. The first-order valence-electron chi connectivity index (χ1n) is 8.77. The Morgan fingerprint density at radius 3 is 2.77 bits per heavy atom. The van der Waals surface area contributed by atoms with Crippen molar-refractivity contribution in [2.24, 2.45) is 5.92 Å². The van der Waals surface area contributed by atoms with Gasteiger partial charge in [-0.2, -0.15) is 0 Å². The van der Waals surface area contributed by atoms with E-state index in [9.17, 15) is 14.3 Å². The number of rotatable bonds is 5. The average Bonchev–Trinajstić information content (AvgIpc) is 3.10. The molecule has 1 N–H and O–H groups in total. The predicted molar refractivity (Wildman–Crippen MR) is 102 cm³/mol. The van der Waals surface area contributed by atoms with E-state index in [1.54, 1.807) is 12.1 Å². The molecular formula is C20H22ClFN2O2. The van der Waals surface area contributed by atoms with E-state index < -0.39 is 11.9 Å². The summed E-state index contributed by atoms with van der Waals surface area (Å²) >= 11 is 5.92. The molecule has 26 heavy (non-hydrogen) atoms. The summed E-state index contributed by atoms with van der Waals surface area (Å²) in [6, 6.07) is 11.7. The molecule has 4 nitrogen and oxygen atoms in total. The van der Waals surface area contributed by atoms with Gasteiger partial charge in [0.1, 0.15) is 5.82 Å². The number of anilines is 1. The second kappa shape index (κ2) is 8.06. The Kier molecular flexibility index (Phi) is 5.79. The van der Waals surface area contributed by atoms with Crippen LogP contribution in [0.2, 0.25) is 5.02 Å². The largest absolute Gasteiger partial charge is 0.465 e. The number of likely N-dealkylation sites (tertiary alicyclic amines) is 1. The Balaban J connectivity index is 1.93. The van der Waals surface area contributed by atoms with Gasteiger partial charge in [-0.25, -0.2) is 9.18 Å². The average molecular weight is 377 g/mol. The molecule has 2 aromatic carbocycles. The first-order valence-corrected chi connectivity index (χ1v) is 9.14. The van der Waals surface area contributed by atoms with Crippen molar-refractivity contribution in [1.29, 1.82) is 0 Å². The molecule has 1 unspecified atom stereocenters. The van der Waals surface area contributed by atoms with Crippen molar-refractivity contribution < 1.29 is 14.3 Å². The van der Waals surface area contributed by atoms with Crippen LogP contribution in [0.5, 0.6) is 0 Å². The molecule has 1 fully saturated rings. The van der Waals surface area contributed by atoms with Crippen LogP contribution in [-0.2, 0) is 0 Å². The van der Waals surface area contributed by atoms with Gasteiger partial charge in [0.25, 0.3) is 0 Å². The summed E-state index contributed by atoms with van der Waals surface area (Å²) in [5, 5.41) is 9.83. The van der Waals surface area contributed by atoms with E-state index in [1.165, 1.54) is 17.0 Å². The molecule has 138 valence electrons. The standard InChI is InChI=1S/C20H22ClFN2O2/c1-2-23-10-9-14(12-23)13-24(20(25)26)19-6-4-3-5-16(19)15-7-8-18(22)17(21)11-15/h3-8,11,14H,2,9-10,12-13H2,1H3,(H,25,26). The minimum Gasteiger partial charge on any atom is -0.465 e. The Morgan fingerprint density at radius 2 is 2.12 bits per heavy atom. The van der Waals surface area contributed by atoms with E-state index in [4.69, 9.17) is 11.6 Å². The van der Waals surface area contributed by atoms with Gasteiger partial charge in [-0.15, -0.1) is 0 Å². The smallest absolute Gasteiger partial charge is 0.411 e. The quantitative estimate of drug-likeness (QED) is 0.801. The number of amides is 1. The van der Waals surface area contributed by atoms with E-state index in [-0.39, 0.29) is 5.02 Å². The number of halogens is 2. The van der Waals surface area contributed by atoms with E-state index in [0.717, 1.165) is 31.6 Å². The molecule has 1 aliphatic heterocycles. The highest BCUT2D eigenvalue weighted by molar-refractivity contribution is 6.31. The van der Waals surface area contributed by atoms with Crippen LogP contribution in [0.15, 0.2) is 42.5 Å². The van der Waals surface area contributed by atoms with Gasteiger partial charge in [0.05, 0.1) is 10.7 Å². The second-order valence-corrected chi connectivity index (χ2v) is 6.99. The second-order valence-electron chi connectivity index (χ2n) is 6.59. The van der Waals surface area contributed by atoms with E-state index >= 15 is 0 Å². The lowest BCUT2D eigenvalue weighted by molar-refractivity contribution is 0.200. The molecule has 0 bridgehead atoms. The fourth-order valence-electron chi connectivity index (χ4n) is 3.50. The number of hydrogen-bond donors (Lipinski definition) is 1. The summed E-state index contributed by atoms with van der Waals surface area (Å²) in [4.78, 5) is 15.7. The SMILES string of the molecule is CCN1CCC(CN(C(=O)O)c2ccccc2-c2ccc(F)c(Cl)c2)C1. The highest BCUT2D eigenvalue weighted by atomic mass is 35.5. The van der Waals surface area contributed by atoms with Crippen molar-refractivity contribution in [3.05, 3.63) is 53.3 Å². The van der Waals surface area contributed by atoms with Gasteiger partial charge in [-0.1, -0.05) is 42.8 Å². The predicted octanol–water partition coefficient (Wildman–Crippen LogP) is 4.97. The lowest BCUT2D eigenvalue weighted by atomic mass is 10.0. The number of carbonyl (C=O) groups is 1. The summed E-state index contributed by atoms with van der Waals surface area (Å²) in [6.45, 7) is 5.45. The van der Waals surface area contributed by atoms with E-state index in [0.29, 0.717) is 23.7 Å². The topological polar surface area (TPSA) is 43.8 Å². The zero-order valence-electron chi connectivity index (χ0n) is 14.7. The van der Waals surface area contributed by atoms with Crippen molar-refractivity contribution >= 4 is 23.4 Å². The Morgan fingerprint density at radius 1 is 1.35 bits per heavy atom. The van der Waals surface area contributed by atoms with E-state index in [2.05, 4.69) is 11.8 Å². The zero-order valence-corrected chi connectivity index (χ0v) is 15.4. The summed E-state index contributed by atoms with van der Waals surface area (Å²) in [5.41, 5.74) is 2.01. The first kappa shape index (κ1) is 18.7. The molecule has 1 amide bonds. The Hall–Kier alpha value is -2.11. The van der Waals surface area contributed by atoms with Gasteiger partial charge in [-0.05, 0) is 49.2 Å². The zero-order chi connectivity index (χ0) is 18.7. The molecule has 1 heterocycles. The normalized spacial score (nSPS) is 17.4. The number of carboxylic acid groups (broad SMARTS) is 1. The molecule has 0 spiro atoms. The number of hydrogen-bond acceptors (Lipinski definition) is 2. The molecule has 1 atom stereocenters. The summed E-state index contributed by atoms with van der Waals surface area (Å²) < 4.78 is 13.5. The molecule has 0 radical (unpaired) electrons. The summed E-state index contributed by atoms with van der Waals surface area (Å²) in [7, 11) is 0.